The van der Waals surface area contributed by atoms with Crippen molar-refractivity contribution in [3.05, 3.63) is 217 Å². The van der Waals surface area contributed by atoms with Crippen molar-refractivity contribution < 1.29 is 0 Å². The molecule has 13 rings (SSSR count). The molecule has 0 bridgehead atoms. The molecule has 342 valence electrons. The van der Waals surface area contributed by atoms with Gasteiger partial charge in [-0.3, -0.25) is 0 Å². The van der Waals surface area contributed by atoms with Gasteiger partial charge in [-0.05, 0) is 94.4 Å². The molecule has 0 radical (unpaired) electrons. The Morgan fingerprint density at radius 3 is 1.18 bits per heavy atom. The van der Waals surface area contributed by atoms with Crippen LogP contribution in [0, 0.1) is 27.7 Å². The summed E-state index contributed by atoms with van der Waals surface area (Å²) in [5.41, 5.74) is 14.7. The van der Waals surface area contributed by atoms with E-state index in [-0.39, 0.29) is 0 Å². The van der Waals surface area contributed by atoms with Crippen molar-refractivity contribution in [2.45, 2.75) is 27.7 Å². The van der Waals surface area contributed by atoms with E-state index >= 15 is 0 Å². The molecule has 0 aliphatic heterocycles. The van der Waals surface area contributed by atoms with Crippen LogP contribution in [0.15, 0.2) is 194 Å². The van der Waals surface area contributed by atoms with Crippen molar-refractivity contribution in [2.75, 3.05) is 0 Å². The second-order valence-corrected chi connectivity index (χ2v) is 18.1. The van der Waals surface area contributed by atoms with Crippen molar-refractivity contribution in [1.82, 2.24) is 49.0 Å². The molecule has 0 aliphatic carbocycles. The van der Waals surface area contributed by atoms with Crippen LogP contribution >= 0.6 is 0 Å². The van der Waals surface area contributed by atoms with E-state index in [0.717, 1.165) is 94.5 Å². The summed E-state index contributed by atoms with van der Waals surface area (Å²) < 4.78 is 4.78. The highest BCUT2D eigenvalue weighted by Crippen LogP contribution is 2.43. The predicted octanol–water partition coefficient (Wildman–Crippen LogP) is 14.3. The molecule has 0 spiro atoms. The lowest BCUT2D eigenvalue weighted by atomic mass is 9.98. The van der Waals surface area contributed by atoms with Crippen LogP contribution < -0.4 is 0 Å². The summed E-state index contributed by atoms with van der Waals surface area (Å²) in [7, 11) is 0. The van der Waals surface area contributed by atoms with Crippen molar-refractivity contribution in [3.8, 4) is 79.2 Å². The Kier molecular flexibility index (Phi) is 10.1. The molecule has 10 heteroatoms. The fraction of sp³-hybridized carbons (Fsp3) is 0.0645. The summed E-state index contributed by atoms with van der Waals surface area (Å²) in [5.74, 6) is 4.52. The highest BCUT2D eigenvalue weighted by molar-refractivity contribution is 6.13. The van der Waals surface area contributed by atoms with Crippen LogP contribution in [0.3, 0.4) is 0 Å². The van der Waals surface area contributed by atoms with Gasteiger partial charge in [-0.15, -0.1) is 0 Å². The number of aryl methyl sites for hydroxylation is 4. The monoisotopic (exact) mass is 928 g/mol. The van der Waals surface area contributed by atoms with Crippen LogP contribution in [0.25, 0.3) is 123 Å². The average molecular weight is 929 g/mol. The fourth-order valence-electron chi connectivity index (χ4n) is 10.3. The van der Waals surface area contributed by atoms with Gasteiger partial charge in [0.05, 0.1) is 44.8 Å². The second kappa shape index (κ2) is 17.1. The molecular formula is C62H44N10. The van der Waals surface area contributed by atoms with E-state index in [2.05, 4.69) is 177 Å². The molecule has 0 N–H and O–H groups in total. The molecule has 13 aromatic rings. The number of benzene rings is 8. The van der Waals surface area contributed by atoms with E-state index in [9.17, 15) is 0 Å². The molecule has 0 fully saturated rings. The minimum absolute atomic E-state index is 0.616. The second-order valence-electron chi connectivity index (χ2n) is 18.1. The number of aromatic nitrogens is 10. The maximum atomic E-state index is 5.33. The van der Waals surface area contributed by atoms with Crippen molar-refractivity contribution in [1.29, 1.82) is 0 Å². The molecule has 0 amide bonds. The number of fused-ring (bicyclic) bond motifs is 6. The molecule has 0 saturated heterocycles. The molecule has 10 nitrogen and oxygen atoms in total. The standard InChI is InChI=1S/C62H44N10/c1-37-63-38(2)66-60(65-37)43-28-31-57-50(33-43)51-34-44(61-67-39(3)64-40(4)68-61)29-32-58(51)72(57)59-35-45(62-69-52(41-17-7-5-8-18-41)36-53(70-62)42-19-9-6-10-20-42)27-30-49(59)48-23-13-16-26-56(48)71-54-24-14-11-21-46(54)47-22-12-15-25-55(47)71/h5-36H,1-4H3. The van der Waals surface area contributed by atoms with Gasteiger partial charge in [-0.1, -0.05) is 127 Å². The van der Waals surface area contributed by atoms with E-state index in [0.29, 0.717) is 40.8 Å². The summed E-state index contributed by atoms with van der Waals surface area (Å²) in [5, 5.41) is 4.43. The van der Waals surface area contributed by atoms with Crippen molar-refractivity contribution >= 4 is 43.6 Å². The number of hydrogen-bond acceptors (Lipinski definition) is 8. The average Bonchev–Trinajstić information content (AvgIpc) is 3.92. The minimum atomic E-state index is 0.616. The lowest BCUT2D eigenvalue weighted by molar-refractivity contribution is 0.928. The van der Waals surface area contributed by atoms with E-state index in [1.54, 1.807) is 0 Å². The first-order valence-corrected chi connectivity index (χ1v) is 24.0. The number of rotatable bonds is 8. The zero-order valence-electron chi connectivity index (χ0n) is 39.9. The highest BCUT2D eigenvalue weighted by Gasteiger charge is 2.23. The van der Waals surface area contributed by atoms with Crippen LogP contribution in [0.2, 0.25) is 0 Å². The van der Waals surface area contributed by atoms with Gasteiger partial charge >= 0.3 is 0 Å². The molecule has 5 heterocycles. The Morgan fingerprint density at radius 1 is 0.264 bits per heavy atom. The number of nitrogens with zero attached hydrogens (tertiary/aromatic N) is 10. The van der Waals surface area contributed by atoms with Gasteiger partial charge in [0.1, 0.15) is 23.3 Å². The van der Waals surface area contributed by atoms with E-state index < -0.39 is 0 Å². The first-order valence-electron chi connectivity index (χ1n) is 24.0. The number of para-hydroxylation sites is 3. The first kappa shape index (κ1) is 42.6. The molecule has 8 aromatic carbocycles. The van der Waals surface area contributed by atoms with Crippen LogP contribution in [0.1, 0.15) is 23.3 Å². The zero-order chi connectivity index (χ0) is 48.5. The normalized spacial score (nSPS) is 11.6. The summed E-state index contributed by atoms with van der Waals surface area (Å²) >= 11 is 0. The van der Waals surface area contributed by atoms with Crippen LogP contribution in [0.5, 0.6) is 0 Å². The summed E-state index contributed by atoms with van der Waals surface area (Å²) in [6.45, 7) is 7.62. The smallest absolute Gasteiger partial charge is 0.163 e. The molecule has 0 aliphatic rings. The van der Waals surface area contributed by atoms with Crippen molar-refractivity contribution in [2.24, 2.45) is 0 Å². The maximum absolute atomic E-state index is 5.33. The van der Waals surface area contributed by atoms with Gasteiger partial charge in [-0.25, -0.2) is 39.9 Å². The molecule has 5 aromatic heterocycles. The predicted molar refractivity (Wildman–Crippen MR) is 289 cm³/mol. The quantitative estimate of drug-likeness (QED) is 0.148. The Morgan fingerprint density at radius 2 is 0.653 bits per heavy atom. The Bertz CT molecular complexity index is 4010. The maximum Gasteiger partial charge on any atom is 0.163 e. The lowest BCUT2D eigenvalue weighted by Gasteiger charge is -2.20. The summed E-state index contributed by atoms with van der Waals surface area (Å²) in [4.78, 5) is 38.9. The van der Waals surface area contributed by atoms with Gasteiger partial charge in [0.15, 0.2) is 17.5 Å². The van der Waals surface area contributed by atoms with E-state index in [1.807, 2.05) is 64.1 Å². The molecule has 0 atom stereocenters. The lowest BCUT2D eigenvalue weighted by Crippen LogP contribution is -2.03. The highest BCUT2D eigenvalue weighted by atomic mass is 15.0. The Balaban J connectivity index is 1.12. The zero-order valence-corrected chi connectivity index (χ0v) is 39.9. The SMILES string of the molecule is Cc1nc(C)nc(-c2ccc3c(c2)c2cc(-c4nc(C)nc(C)n4)ccc2n3-c2cc(-c3nc(-c4ccccc4)cc(-c4ccccc4)n3)ccc2-c2ccccc2-n2c3ccccc3c3ccccc32)n1. The summed E-state index contributed by atoms with van der Waals surface area (Å²) in [6.07, 6.45) is 0. The van der Waals surface area contributed by atoms with Gasteiger partial charge < -0.3 is 9.13 Å². The first-order chi connectivity index (χ1) is 35.3. The van der Waals surface area contributed by atoms with Gasteiger partial charge in [-0.2, -0.15) is 0 Å². The third kappa shape index (κ3) is 7.36. The molecule has 0 saturated carbocycles. The van der Waals surface area contributed by atoms with Gasteiger partial charge in [0.2, 0.25) is 0 Å². The minimum Gasteiger partial charge on any atom is -0.309 e. The van der Waals surface area contributed by atoms with Gasteiger partial charge in [0, 0.05) is 60.5 Å². The third-order valence-corrected chi connectivity index (χ3v) is 13.4. The van der Waals surface area contributed by atoms with Crippen molar-refractivity contribution in [3.63, 3.8) is 0 Å². The Labute approximate surface area is 415 Å². The summed E-state index contributed by atoms with van der Waals surface area (Å²) in [6, 6.07) is 68.4. The molecule has 0 unspecified atom stereocenters. The van der Waals surface area contributed by atoms with E-state index in [1.165, 1.54) is 10.8 Å². The third-order valence-electron chi connectivity index (χ3n) is 13.4. The van der Waals surface area contributed by atoms with Gasteiger partial charge in [0.25, 0.3) is 0 Å². The van der Waals surface area contributed by atoms with Crippen LogP contribution in [-0.2, 0) is 0 Å². The van der Waals surface area contributed by atoms with Crippen LogP contribution in [-0.4, -0.2) is 49.0 Å². The Hall–Kier alpha value is -9.54. The largest absolute Gasteiger partial charge is 0.309 e. The topological polar surface area (TPSA) is 113 Å². The van der Waals surface area contributed by atoms with E-state index in [4.69, 9.17) is 29.9 Å². The molecular weight excluding hydrogens is 885 g/mol. The fourth-order valence-corrected chi connectivity index (χ4v) is 10.3. The molecule has 72 heavy (non-hydrogen) atoms. The number of hydrogen-bond donors (Lipinski definition) is 0. The van der Waals surface area contributed by atoms with Crippen LogP contribution in [0.4, 0.5) is 0 Å².